The highest BCUT2D eigenvalue weighted by Crippen LogP contribution is 2.28. The summed E-state index contributed by atoms with van der Waals surface area (Å²) in [7, 11) is 0. The molecule has 0 aliphatic heterocycles. The second kappa shape index (κ2) is 4.51. The van der Waals surface area contributed by atoms with Gasteiger partial charge in [-0.15, -0.1) is 0 Å². The summed E-state index contributed by atoms with van der Waals surface area (Å²) in [5, 5.41) is 1.19. The van der Waals surface area contributed by atoms with Gasteiger partial charge in [0.2, 0.25) is 0 Å². The topological polar surface area (TPSA) is 12.9 Å². The summed E-state index contributed by atoms with van der Waals surface area (Å²) in [5.41, 5.74) is 7.27. The van der Waals surface area contributed by atoms with E-state index in [1.165, 1.54) is 27.6 Å². The number of para-hydroxylation sites is 1. The number of aromatic nitrogens is 1. The first-order valence-electron chi connectivity index (χ1n) is 6.59. The zero-order chi connectivity index (χ0) is 13.4. The molecule has 3 rings (SSSR count). The van der Waals surface area contributed by atoms with Crippen LogP contribution in [0.1, 0.15) is 16.7 Å². The molecule has 0 N–H and O–H groups in total. The van der Waals surface area contributed by atoms with Gasteiger partial charge in [0, 0.05) is 10.9 Å². The third kappa shape index (κ3) is 2.12. The highest BCUT2D eigenvalue weighted by atomic mass is 14.7. The Bertz CT molecular complexity index is 733. The predicted molar refractivity (Wildman–Crippen MR) is 81.4 cm³/mol. The Morgan fingerprint density at radius 2 is 1.47 bits per heavy atom. The van der Waals surface area contributed by atoms with Crippen molar-refractivity contribution in [3.8, 4) is 11.3 Å². The standard InChI is InChI=1S/C18H17N/c1-12-10-13(2)18(14(3)11-12)17-9-8-15-6-4-5-7-16(15)19-17/h4-11H,1-3H3. The molecular weight excluding hydrogens is 230 g/mol. The van der Waals surface area contributed by atoms with Crippen LogP contribution in [-0.4, -0.2) is 4.98 Å². The molecule has 0 aliphatic carbocycles. The van der Waals surface area contributed by atoms with Gasteiger partial charge in [0.1, 0.15) is 0 Å². The van der Waals surface area contributed by atoms with Crippen LogP contribution in [0.5, 0.6) is 0 Å². The van der Waals surface area contributed by atoms with Crippen LogP contribution in [0.25, 0.3) is 22.2 Å². The first kappa shape index (κ1) is 11.9. The quantitative estimate of drug-likeness (QED) is 0.600. The number of aryl methyl sites for hydroxylation is 3. The zero-order valence-corrected chi connectivity index (χ0v) is 11.6. The van der Waals surface area contributed by atoms with Crippen LogP contribution in [0.2, 0.25) is 0 Å². The number of nitrogens with zero attached hydrogens (tertiary/aromatic N) is 1. The molecular formula is C18H17N. The molecule has 1 nitrogen and oxygen atoms in total. The van der Waals surface area contributed by atoms with Gasteiger partial charge in [-0.25, -0.2) is 4.98 Å². The summed E-state index contributed by atoms with van der Waals surface area (Å²) in [6, 6.07) is 17.0. The minimum atomic E-state index is 1.05. The second-order valence-electron chi connectivity index (χ2n) is 5.16. The van der Waals surface area contributed by atoms with E-state index in [1.54, 1.807) is 0 Å². The fourth-order valence-corrected chi connectivity index (χ4v) is 2.79. The Kier molecular flexibility index (Phi) is 2.83. The lowest BCUT2D eigenvalue weighted by Crippen LogP contribution is -1.93. The maximum atomic E-state index is 4.80. The van der Waals surface area contributed by atoms with E-state index in [9.17, 15) is 0 Å². The van der Waals surface area contributed by atoms with E-state index in [4.69, 9.17) is 4.98 Å². The van der Waals surface area contributed by atoms with Gasteiger partial charge in [0.25, 0.3) is 0 Å². The van der Waals surface area contributed by atoms with Crippen molar-refractivity contribution in [1.29, 1.82) is 0 Å². The lowest BCUT2D eigenvalue weighted by atomic mass is 9.96. The fourth-order valence-electron chi connectivity index (χ4n) is 2.79. The molecule has 0 saturated heterocycles. The van der Waals surface area contributed by atoms with Gasteiger partial charge in [-0.1, -0.05) is 42.0 Å². The minimum absolute atomic E-state index is 1.05. The van der Waals surface area contributed by atoms with E-state index in [-0.39, 0.29) is 0 Å². The number of rotatable bonds is 1. The number of fused-ring (bicyclic) bond motifs is 1. The monoisotopic (exact) mass is 247 g/mol. The number of benzene rings is 2. The van der Waals surface area contributed by atoms with Crippen LogP contribution in [0.4, 0.5) is 0 Å². The van der Waals surface area contributed by atoms with Gasteiger partial charge in [-0.3, -0.25) is 0 Å². The summed E-state index contributed by atoms with van der Waals surface area (Å²) < 4.78 is 0. The van der Waals surface area contributed by atoms with Crippen molar-refractivity contribution < 1.29 is 0 Å². The highest BCUT2D eigenvalue weighted by Gasteiger charge is 2.08. The molecule has 3 aromatic rings. The van der Waals surface area contributed by atoms with Crippen LogP contribution in [-0.2, 0) is 0 Å². The molecule has 0 aliphatic rings. The van der Waals surface area contributed by atoms with Gasteiger partial charge in [-0.2, -0.15) is 0 Å². The number of hydrogen-bond donors (Lipinski definition) is 0. The molecule has 0 bridgehead atoms. The molecule has 0 radical (unpaired) electrons. The van der Waals surface area contributed by atoms with Crippen molar-refractivity contribution in [1.82, 2.24) is 4.98 Å². The Morgan fingerprint density at radius 3 is 2.21 bits per heavy atom. The van der Waals surface area contributed by atoms with Crippen LogP contribution in [0.15, 0.2) is 48.5 Å². The molecule has 0 unspecified atom stereocenters. The maximum absolute atomic E-state index is 4.80. The molecule has 0 fully saturated rings. The zero-order valence-electron chi connectivity index (χ0n) is 11.6. The van der Waals surface area contributed by atoms with E-state index in [0.717, 1.165) is 11.2 Å². The number of hydrogen-bond acceptors (Lipinski definition) is 1. The Morgan fingerprint density at radius 1 is 0.789 bits per heavy atom. The van der Waals surface area contributed by atoms with Crippen LogP contribution in [0, 0.1) is 20.8 Å². The molecule has 0 atom stereocenters. The molecule has 1 heterocycles. The van der Waals surface area contributed by atoms with Crippen molar-refractivity contribution in [2.24, 2.45) is 0 Å². The highest BCUT2D eigenvalue weighted by molar-refractivity contribution is 5.82. The predicted octanol–water partition coefficient (Wildman–Crippen LogP) is 4.83. The third-order valence-corrected chi connectivity index (χ3v) is 3.53. The van der Waals surface area contributed by atoms with Crippen LogP contribution >= 0.6 is 0 Å². The van der Waals surface area contributed by atoms with E-state index in [0.29, 0.717) is 0 Å². The van der Waals surface area contributed by atoms with E-state index >= 15 is 0 Å². The molecule has 0 spiro atoms. The van der Waals surface area contributed by atoms with Crippen molar-refractivity contribution in [2.75, 3.05) is 0 Å². The summed E-state index contributed by atoms with van der Waals surface area (Å²) >= 11 is 0. The molecule has 0 amide bonds. The van der Waals surface area contributed by atoms with Crippen LogP contribution < -0.4 is 0 Å². The minimum Gasteiger partial charge on any atom is -0.248 e. The van der Waals surface area contributed by atoms with Crippen molar-refractivity contribution in [2.45, 2.75) is 20.8 Å². The number of pyridine rings is 1. The first-order chi connectivity index (χ1) is 9.15. The van der Waals surface area contributed by atoms with Gasteiger partial charge < -0.3 is 0 Å². The van der Waals surface area contributed by atoms with E-state index < -0.39 is 0 Å². The average molecular weight is 247 g/mol. The van der Waals surface area contributed by atoms with Gasteiger partial charge in [-0.05, 0) is 44.0 Å². The lowest BCUT2D eigenvalue weighted by molar-refractivity contribution is 1.29. The molecule has 1 aromatic heterocycles. The first-order valence-corrected chi connectivity index (χ1v) is 6.59. The Labute approximate surface area is 113 Å². The van der Waals surface area contributed by atoms with Gasteiger partial charge in [0.05, 0.1) is 11.2 Å². The Balaban J connectivity index is 2.25. The largest absolute Gasteiger partial charge is 0.248 e. The molecule has 0 saturated carbocycles. The summed E-state index contributed by atoms with van der Waals surface area (Å²) in [5.74, 6) is 0. The summed E-state index contributed by atoms with van der Waals surface area (Å²) in [6.45, 7) is 6.45. The summed E-state index contributed by atoms with van der Waals surface area (Å²) in [4.78, 5) is 4.80. The molecule has 1 heteroatoms. The van der Waals surface area contributed by atoms with E-state index in [1.807, 2.05) is 12.1 Å². The normalized spacial score (nSPS) is 10.9. The van der Waals surface area contributed by atoms with Crippen molar-refractivity contribution in [3.05, 3.63) is 65.2 Å². The van der Waals surface area contributed by atoms with Gasteiger partial charge in [0.15, 0.2) is 0 Å². The van der Waals surface area contributed by atoms with Crippen molar-refractivity contribution >= 4 is 10.9 Å². The Hall–Kier alpha value is -2.15. The smallest absolute Gasteiger partial charge is 0.0715 e. The molecule has 19 heavy (non-hydrogen) atoms. The maximum Gasteiger partial charge on any atom is 0.0715 e. The van der Waals surface area contributed by atoms with E-state index in [2.05, 4.69) is 57.2 Å². The second-order valence-corrected chi connectivity index (χ2v) is 5.16. The fraction of sp³-hybridized carbons (Fsp3) is 0.167. The molecule has 2 aromatic carbocycles. The average Bonchev–Trinajstić information content (AvgIpc) is 2.37. The molecule has 94 valence electrons. The van der Waals surface area contributed by atoms with Crippen LogP contribution in [0.3, 0.4) is 0 Å². The van der Waals surface area contributed by atoms with Crippen molar-refractivity contribution in [3.63, 3.8) is 0 Å². The lowest BCUT2D eigenvalue weighted by Gasteiger charge is -2.11. The SMILES string of the molecule is Cc1cc(C)c(-c2ccc3ccccc3n2)c(C)c1. The third-order valence-electron chi connectivity index (χ3n) is 3.53. The van der Waals surface area contributed by atoms with Gasteiger partial charge >= 0.3 is 0 Å². The summed E-state index contributed by atoms with van der Waals surface area (Å²) in [6.07, 6.45) is 0.